The number of carbonyl (C=O) groups is 2. The molecule has 0 saturated carbocycles. The van der Waals surface area contributed by atoms with E-state index in [2.05, 4.69) is 25.7 Å². The molecule has 2 aliphatic heterocycles. The number of amides is 1. The number of rotatable bonds is 8. The minimum absolute atomic E-state index is 0.0210. The summed E-state index contributed by atoms with van der Waals surface area (Å²) in [6, 6.07) is 12.8. The molecule has 1 N–H and O–H groups in total. The topological polar surface area (TPSA) is 107 Å². The monoisotopic (exact) mass is 569 g/mol. The predicted molar refractivity (Wildman–Crippen MR) is 153 cm³/mol. The number of hydrogen-bond donors (Lipinski definition) is 1. The highest BCUT2D eigenvalue weighted by atomic mass is 32.2. The quantitative estimate of drug-likeness (QED) is 0.295. The summed E-state index contributed by atoms with van der Waals surface area (Å²) in [5, 5.41) is 11.4. The number of morpholine rings is 1. The van der Waals surface area contributed by atoms with Gasteiger partial charge in [0.25, 0.3) is 11.7 Å². The third-order valence-corrected chi connectivity index (χ3v) is 9.31. The Morgan fingerprint density at radius 2 is 1.68 bits per heavy atom. The van der Waals surface area contributed by atoms with Crippen molar-refractivity contribution in [3.8, 4) is 0 Å². The van der Waals surface area contributed by atoms with E-state index < -0.39 is 33.5 Å². The van der Waals surface area contributed by atoms with Crippen LogP contribution in [0.2, 0.25) is 0 Å². The molecule has 1 amide bonds. The Hall–Kier alpha value is -3.05. The highest BCUT2D eigenvalue weighted by Gasteiger charge is 2.46. The molecule has 2 heterocycles. The van der Waals surface area contributed by atoms with Crippen molar-refractivity contribution < 1.29 is 27.9 Å². The van der Waals surface area contributed by atoms with Crippen LogP contribution in [0.1, 0.15) is 49.9 Å². The van der Waals surface area contributed by atoms with Gasteiger partial charge in [-0.2, -0.15) is 0 Å². The molecule has 2 aliphatic rings. The zero-order chi connectivity index (χ0) is 29.2. The second-order valence-electron chi connectivity index (χ2n) is 11.5. The van der Waals surface area contributed by atoms with Gasteiger partial charge >= 0.3 is 0 Å². The molecule has 2 saturated heterocycles. The van der Waals surface area contributed by atoms with Crippen molar-refractivity contribution in [2.75, 3.05) is 53.5 Å². The van der Waals surface area contributed by atoms with Crippen LogP contribution < -0.4 is 0 Å². The second-order valence-corrected chi connectivity index (χ2v) is 13.6. The minimum Gasteiger partial charge on any atom is -0.507 e. The Morgan fingerprint density at radius 1 is 1.02 bits per heavy atom. The maximum Gasteiger partial charge on any atom is 0.295 e. The van der Waals surface area contributed by atoms with Gasteiger partial charge < -0.3 is 14.7 Å². The molecule has 40 heavy (non-hydrogen) atoms. The van der Waals surface area contributed by atoms with Gasteiger partial charge in [-0.05, 0) is 35.1 Å². The van der Waals surface area contributed by atoms with E-state index >= 15 is 0 Å². The van der Waals surface area contributed by atoms with Crippen molar-refractivity contribution in [3.05, 3.63) is 70.8 Å². The summed E-state index contributed by atoms with van der Waals surface area (Å²) < 4.78 is 32.0. The Kier molecular flexibility index (Phi) is 8.84. The number of carbonyl (C=O) groups excluding carboxylic acids is 2. The molecule has 0 radical (unpaired) electrons. The number of ketones is 1. The Bertz CT molecular complexity index is 1390. The number of nitrogens with zero attached hydrogens (tertiary/aromatic N) is 3. The Balaban J connectivity index is 1.75. The predicted octanol–water partition coefficient (Wildman–Crippen LogP) is 3.38. The lowest BCUT2D eigenvalue weighted by molar-refractivity contribution is -0.140. The summed E-state index contributed by atoms with van der Waals surface area (Å²) in [6.07, 6.45) is 0.653. The summed E-state index contributed by atoms with van der Waals surface area (Å²) in [7, 11) is -0.931. The van der Waals surface area contributed by atoms with Gasteiger partial charge in [0.2, 0.25) is 10.0 Å². The van der Waals surface area contributed by atoms with E-state index in [9.17, 15) is 23.1 Å². The first kappa shape index (κ1) is 29.9. The summed E-state index contributed by atoms with van der Waals surface area (Å²) >= 11 is 0. The third kappa shape index (κ3) is 6.15. The highest BCUT2D eigenvalue weighted by Crippen LogP contribution is 2.40. The molecular weight excluding hydrogens is 530 g/mol. The fourth-order valence-corrected chi connectivity index (χ4v) is 6.03. The first-order valence-electron chi connectivity index (χ1n) is 13.5. The maximum absolute atomic E-state index is 13.4. The van der Waals surface area contributed by atoms with Crippen LogP contribution in [0.4, 0.5) is 0 Å². The van der Waals surface area contributed by atoms with Gasteiger partial charge in [0, 0.05) is 45.8 Å². The molecule has 1 atom stereocenters. The van der Waals surface area contributed by atoms with Gasteiger partial charge in [-0.15, -0.1) is 0 Å². The van der Waals surface area contributed by atoms with Crippen LogP contribution in [0, 0.1) is 0 Å². The first-order valence-corrected chi connectivity index (χ1v) is 15.0. The van der Waals surface area contributed by atoms with Crippen LogP contribution in [0.3, 0.4) is 0 Å². The van der Waals surface area contributed by atoms with Crippen molar-refractivity contribution in [1.29, 1.82) is 0 Å². The molecule has 2 aromatic carbocycles. The lowest BCUT2D eigenvalue weighted by Gasteiger charge is -2.29. The van der Waals surface area contributed by atoms with E-state index in [4.69, 9.17) is 4.74 Å². The number of sulfonamides is 1. The number of Topliss-reactive ketones (excluding diaryl/α,β-unsaturated/α-hetero) is 1. The van der Waals surface area contributed by atoms with Crippen LogP contribution in [-0.4, -0.2) is 92.8 Å². The molecule has 0 spiro atoms. The van der Waals surface area contributed by atoms with Gasteiger partial charge in [0.15, 0.2) is 0 Å². The molecule has 9 nitrogen and oxygen atoms in total. The Morgan fingerprint density at radius 3 is 2.27 bits per heavy atom. The van der Waals surface area contributed by atoms with Gasteiger partial charge in [0.1, 0.15) is 5.76 Å². The molecule has 2 fully saturated rings. The fraction of sp³-hybridized carbons (Fsp3) is 0.467. The highest BCUT2D eigenvalue weighted by molar-refractivity contribution is 7.89. The van der Waals surface area contributed by atoms with E-state index in [0.717, 1.165) is 29.5 Å². The summed E-state index contributed by atoms with van der Waals surface area (Å²) in [5.74, 6) is -1.85. The van der Waals surface area contributed by atoms with Crippen LogP contribution in [0.15, 0.2) is 59.0 Å². The maximum atomic E-state index is 13.4. The van der Waals surface area contributed by atoms with E-state index in [-0.39, 0.29) is 21.4 Å². The molecule has 2 aromatic rings. The zero-order valence-corrected chi connectivity index (χ0v) is 24.7. The zero-order valence-electron chi connectivity index (χ0n) is 23.9. The average molecular weight is 570 g/mol. The molecule has 10 heteroatoms. The normalized spacial score (nSPS) is 20.4. The lowest BCUT2D eigenvalue weighted by Crippen LogP contribution is -2.39. The van der Waals surface area contributed by atoms with E-state index in [1.165, 1.54) is 43.3 Å². The molecule has 216 valence electrons. The molecule has 0 aliphatic carbocycles. The van der Waals surface area contributed by atoms with Crippen molar-refractivity contribution in [2.45, 2.75) is 43.5 Å². The third-order valence-electron chi connectivity index (χ3n) is 7.50. The van der Waals surface area contributed by atoms with Crippen LogP contribution >= 0.6 is 0 Å². The SMILES string of the molecule is CN(C)S(=O)(=O)c1cccc(C(O)=C2C(=O)C(=O)N(CCCN3CCOCC3)[C@H]2c2ccc(C(C)(C)C)cc2)c1. The van der Waals surface area contributed by atoms with Crippen LogP contribution in [0.25, 0.3) is 5.76 Å². The average Bonchev–Trinajstić information content (AvgIpc) is 3.18. The largest absolute Gasteiger partial charge is 0.507 e. The molecule has 0 bridgehead atoms. The summed E-state index contributed by atoms with van der Waals surface area (Å²) in [4.78, 5) is 30.6. The molecule has 0 unspecified atom stereocenters. The number of aliphatic hydroxyl groups is 1. The molecular formula is C30H39N3O6S. The lowest BCUT2D eigenvalue weighted by atomic mass is 9.85. The second kappa shape index (κ2) is 11.8. The molecule has 0 aromatic heterocycles. The molecule has 4 rings (SSSR count). The van der Waals surface area contributed by atoms with E-state index in [0.29, 0.717) is 31.7 Å². The summed E-state index contributed by atoms with van der Waals surface area (Å²) in [6.45, 7) is 10.4. The van der Waals surface area contributed by atoms with Gasteiger partial charge in [0.05, 0.1) is 29.7 Å². The van der Waals surface area contributed by atoms with Crippen molar-refractivity contribution in [1.82, 2.24) is 14.1 Å². The van der Waals surface area contributed by atoms with Crippen LogP contribution in [-0.2, 0) is 29.8 Å². The smallest absolute Gasteiger partial charge is 0.295 e. The number of aliphatic hydroxyl groups excluding tert-OH is 1. The van der Waals surface area contributed by atoms with E-state index in [1.54, 1.807) is 0 Å². The Labute approximate surface area is 237 Å². The van der Waals surface area contributed by atoms with Gasteiger partial charge in [-0.3, -0.25) is 14.5 Å². The number of hydrogen-bond acceptors (Lipinski definition) is 7. The number of likely N-dealkylation sites (tertiary alicyclic amines) is 1. The van der Waals surface area contributed by atoms with Crippen molar-refractivity contribution >= 4 is 27.5 Å². The minimum atomic E-state index is -3.77. The first-order chi connectivity index (χ1) is 18.8. The standard InChI is InChI=1S/C30H39N3O6S/c1-30(2,3)23-12-10-21(11-13-23)26-25(27(34)22-8-6-9-24(20-22)40(37,38)31(4)5)28(35)29(36)33(26)15-7-14-32-16-18-39-19-17-32/h6,8-13,20,26,34H,7,14-19H2,1-5H3/t26-/m0/s1. The van der Waals surface area contributed by atoms with Crippen LogP contribution in [0.5, 0.6) is 0 Å². The van der Waals surface area contributed by atoms with Gasteiger partial charge in [-0.25, -0.2) is 12.7 Å². The summed E-state index contributed by atoms with van der Waals surface area (Å²) in [5.41, 5.74) is 1.83. The number of benzene rings is 2. The van der Waals surface area contributed by atoms with Gasteiger partial charge in [-0.1, -0.05) is 57.2 Å². The van der Waals surface area contributed by atoms with E-state index in [1.807, 2.05) is 24.3 Å². The number of ether oxygens (including phenoxy) is 1. The fourth-order valence-electron chi connectivity index (χ4n) is 5.08. The van der Waals surface area contributed by atoms with Crippen molar-refractivity contribution in [3.63, 3.8) is 0 Å². The van der Waals surface area contributed by atoms with Crippen molar-refractivity contribution in [2.24, 2.45) is 0 Å².